The molecule has 0 heterocycles. The van der Waals surface area contributed by atoms with Gasteiger partial charge in [0, 0.05) is 12.6 Å². The van der Waals surface area contributed by atoms with Crippen LogP contribution in [0.25, 0.3) is 0 Å². The molecule has 0 bridgehead atoms. The van der Waals surface area contributed by atoms with E-state index in [4.69, 9.17) is 0 Å². The van der Waals surface area contributed by atoms with Gasteiger partial charge in [-0.2, -0.15) is 0 Å². The molecule has 0 aromatic heterocycles. The number of aryl methyl sites for hydroxylation is 1. The van der Waals surface area contributed by atoms with Crippen molar-refractivity contribution in [2.45, 2.75) is 38.3 Å². The minimum atomic E-state index is -3.89. The molecule has 1 amide bonds. The van der Waals surface area contributed by atoms with Crippen molar-refractivity contribution in [1.82, 2.24) is 9.62 Å². The van der Waals surface area contributed by atoms with Crippen LogP contribution in [-0.4, -0.2) is 31.8 Å². The number of nitrogens with zero attached hydrogens (tertiary/aromatic N) is 1. The number of sulfonamides is 1. The van der Waals surface area contributed by atoms with Crippen LogP contribution >= 0.6 is 0 Å². The lowest BCUT2D eigenvalue weighted by Crippen LogP contribution is -2.43. The van der Waals surface area contributed by atoms with Crippen LogP contribution in [0.15, 0.2) is 53.4 Å². The van der Waals surface area contributed by atoms with Crippen LogP contribution in [0.2, 0.25) is 0 Å². The van der Waals surface area contributed by atoms with Crippen LogP contribution in [0.1, 0.15) is 25.0 Å². The van der Waals surface area contributed by atoms with Crippen molar-refractivity contribution < 1.29 is 17.6 Å². The Morgan fingerprint density at radius 2 is 1.81 bits per heavy atom. The molecule has 2 rings (SSSR count). The first-order valence-electron chi connectivity index (χ1n) is 8.30. The van der Waals surface area contributed by atoms with Gasteiger partial charge >= 0.3 is 0 Å². The number of benzene rings is 2. The molecular formula is C19H23FN2O3S. The van der Waals surface area contributed by atoms with E-state index >= 15 is 0 Å². The molecule has 1 N–H and O–H groups in total. The molecule has 0 aliphatic carbocycles. The maximum atomic E-state index is 13.3. The molecule has 0 atom stereocenters. The van der Waals surface area contributed by atoms with E-state index < -0.39 is 15.8 Å². The molecular weight excluding hydrogens is 355 g/mol. The Hall–Kier alpha value is -2.25. The third kappa shape index (κ3) is 5.12. The molecule has 2 aromatic carbocycles. The van der Waals surface area contributed by atoms with E-state index in [0.29, 0.717) is 6.54 Å². The van der Waals surface area contributed by atoms with Gasteiger partial charge in [0.05, 0.1) is 11.4 Å². The average molecular weight is 378 g/mol. The summed E-state index contributed by atoms with van der Waals surface area (Å²) in [6.07, 6.45) is 0. The van der Waals surface area contributed by atoms with Crippen LogP contribution < -0.4 is 4.72 Å². The molecule has 26 heavy (non-hydrogen) atoms. The number of hydrogen-bond acceptors (Lipinski definition) is 3. The molecule has 7 heteroatoms. The van der Waals surface area contributed by atoms with Gasteiger partial charge in [0.1, 0.15) is 5.82 Å². The molecule has 0 aliphatic heterocycles. The Kier molecular flexibility index (Phi) is 6.50. The number of amides is 1. The van der Waals surface area contributed by atoms with Gasteiger partial charge in [-0.15, -0.1) is 0 Å². The molecule has 140 valence electrons. The predicted octanol–water partition coefficient (Wildman–Crippen LogP) is 2.85. The number of hydrogen-bond donors (Lipinski definition) is 1. The van der Waals surface area contributed by atoms with E-state index in [9.17, 15) is 17.6 Å². The highest BCUT2D eigenvalue weighted by atomic mass is 32.2. The lowest BCUT2D eigenvalue weighted by Gasteiger charge is -2.27. The van der Waals surface area contributed by atoms with Crippen LogP contribution in [0, 0.1) is 12.7 Å². The molecule has 0 radical (unpaired) electrons. The van der Waals surface area contributed by atoms with Crippen LogP contribution in [-0.2, 0) is 21.4 Å². The molecule has 0 saturated heterocycles. The molecule has 0 fully saturated rings. The summed E-state index contributed by atoms with van der Waals surface area (Å²) in [6, 6.07) is 12.9. The van der Waals surface area contributed by atoms with Crippen LogP contribution in [0.3, 0.4) is 0 Å². The third-order valence-corrected chi connectivity index (χ3v) is 5.39. The highest BCUT2D eigenvalue weighted by Crippen LogP contribution is 2.14. The summed E-state index contributed by atoms with van der Waals surface area (Å²) in [5.74, 6) is -0.805. The molecule has 0 unspecified atom stereocenters. The van der Waals surface area contributed by atoms with Crippen LogP contribution in [0.5, 0.6) is 0 Å². The van der Waals surface area contributed by atoms with Gasteiger partial charge in [-0.1, -0.05) is 30.3 Å². The summed E-state index contributed by atoms with van der Waals surface area (Å²) in [5, 5.41) is 0. The van der Waals surface area contributed by atoms with E-state index in [2.05, 4.69) is 4.72 Å². The van der Waals surface area contributed by atoms with Crippen molar-refractivity contribution in [1.29, 1.82) is 0 Å². The lowest BCUT2D eigenvalue weighted by molar-refractivity contribution is -0.132. The van der Waals surface area contributed by atoms with E-state index in [1.165, 1.54) is 19.1 Å². The van der Waals surface area contributed by atoms with Gasteiger partial charge in [0.15, 0.2) is 0 Å². The maximum Gasteiger partial charge on any atom is 0.241 e. The number of halogens is 1. The average Bonchev–Trinajstić information content (AvgIpc) is 2.60. The second-order valence-electron chi connectivity index (χ2n) is 6.34. The summed E-state index contributed by atoms with van der Waals surface area (Å²) >= 11 is 0. The minimum absolute atomic E-state index is 0.0663. The standard InChI is InChI=1S/C19H23FN2O3S/c1-14(2)22(13-16-7-5-4-6-8-16)19(23)12-21-26(24,25)17-9-10-18(20)15(3)11-17/h4-11,14,21H,12-13H2,1-3H3. The molecule has 0 aliphatic rings. The maximum absolute atomic E-state index is 13.3. The highest BCUT2D eigenvalue weighted by Gasteiger charge is 2.21. The lowest BCUT2D eigenvalue weighted by atomic mass is 10.2. The molecule has 5 nitrogen and oxygen atoms in total. The second kappa shape index (κ2) is 8.42. The second-order valence-corrected chi connectivity index (χ2v) is 8.10. The monoisotopic (exact) mass is 378 g/mol. The van der Waals surface area contributed by atoms with Crippen LogP contribution in [0.4, 0.5) is 4.39 Å². The number of carbonyl (C=O) groups excluding carboxylic acids is 1. The van der Waals surface area contributed by atoms with E-state index in [0.717, 1.165) is 11.6 Å². The van der Waals surface area contributed by atoms with E-state index in [1.54, 1.807) is 4.90 Å². The molecule has 0 saturated carbocycles. The Bertz CT molecular complexity index is 868. The quantitative estimate of drug-likeness (QED) is 0.806. The van der Waals surface area contributed by atoms with Gasteiger partial charge in [0.25, 0.3) is 0 Å². The van der Waals surface area contributed by atoms with Crippen molar-refractivity contribution in [3.05, 3.63) is 65.5 Å². The fourth-order valence-corrected chi connectivity index (χ4v) is 3.52. The summed E-state index contributed by atoms with van der Waals surface area (Å²) in [4.78, 5) is 14.1. The fourth-order valence-electron chi connectivity index (χ4n) is 2.46. The van der Waals surface area contributed by atoms with Gasteiger partial charge in [-0.3, -0.25) is 4.79 Å². The summed E-state index contributed by atoms with van der Waals surface area (Å²) in [5.41, 5.74) is 1.19. The minimum Gasteiger partial charge on any atom is -0.335 e. The molecule has 0 spiro atoms. The van der Waals surface area contributed by atoms with Gasteiger partial charge in [-0.05, 0) is 50.1 Å². The topological polar surface area (TPSA) is 66.5 Å². The first-order chi connectivity index (χ1) is 12.2. The smallest absolute Gasteiger partial charge is 0.241 e. The number of rotatable bonds is 7. The van der Waals surface area contributed by atoms with E-state index in [-0.39, 0.29) is 29.0 Å². The Labute approximate surface area is 153 Å². The zero-order valence-electron chi connectivity index (χ0n) is 15.1. The summed E-state index contributed by atoms with van der Waals surface area (Å²) in [7, 11) is -3.89. The highest BCUT2D eigenvalue weighted by molar-refractivity contribution is 7.89. The van der Waals surface area contributed by atoms with Crippen molar-refractivity contribution in [3.8, 4) is 0 Å². The van der Waals surface area contributed by atoms with Crippen molar-refractivity contribution >= 4 is 15.9 Å². The first-order valence-corrected chi connectivity index (χ1v) is 9.78. The third-order valence-electron chi connectivity index (χ3n) is 3.99. The largest absolute Gasteiger partial charge is 0.335 e. The molecule has 2 aromatic rings. The zero-order valence-corrected chi connectivity index (χ0v) is 15.9. The summed E-state index contributed by atoms with van der Waals surface area (Å²) < 4.78 is 40.3. The van der Waals surface area contributed by atoms with Gasteiger partial charge in [0.2, 0.25) is 15.9 Å². The SMILES string of the molecule is Cc1cc(S(=O)(=O)NCC(=O)N(Cc2ccccc2)C(C)C)ccc1F. The van der Waals surface area contributed by atoms with Gasteiger partial charge in [-0.25, -0.2) is 17.5 Å². The first kappa shape index (κ1) is 20.1. The number of carbonyl (C=O) groups is 1. The van der Waals surface area contributed by atoms with Gasteiger partial charge < -0.3 is 4.90 Å². The Morgan fingerprint density at radius 1 is 1.15 bits per heavy atom. The number of nitrogens with one attached hydrogen (secondary N) is 1. The Balaban J connectivity index is 2.07. The fraction of sp³-hybridized carbons (Fsp3) is 0.316. The Morgan fingerprint density at radius 3 is 2.38 bits per heavy atom. The predicted molar refractivity (Wildman–Crippen MR) is 98.5 cm³/mol. The summed E-state index contributed by atoms with van der Waals surface area (Å²) in [6.45, 7) is 5.27. The zero-order chi connectivity index (χ0) is 19.3. The van der Waals surface area contributed by atoms with Crippen molar-refractivity contribution in [2.75, 3.05) is 6.54 Å². The van der Waals surface area contributed by atoms with Crippen molar-refractivity contribution in [3.63, 3.8) is 0 Å². The normalized spacial score (nSPS) is 11.6. The van der Waals surface area contributed by atoms with E-state index in [1.807, 2.05) is 44.2 Å². The van der Waals surface area contributed by atoms with Crippen molar-refractivity contribution in [2.24, 2.45) is 0 Å².